The lowest BCUT2D eigenvalue weighted by Gasteiger charge is -2.34. The summed E-state index contributed by atoms with van der Waals surface area (Å²) in [6.45, 7) is 2.76. The lowest BCUT2D eigenvalue weighted by Crippen LogP contribution is -2.41. The molecule has 1 fully saturated rings. The van der Waals surface area contributed by atoms with E-state index in [-0.39, 0.29) is 29.8 Å². The zero-order valence-electron chi connectivity index (χ0n) is 12.1. The van der Waals surface area contributed by atoms with Gasteiger partial charge in [-0.2, -0.15) is 0 Å². The summed E-state index contributed by atoms with van der Waals surface area (Å²) in [5.74, 6) is -2.73. The first-order chi connectivity index (χ1) is 9.91. The van der Waals surface area contributed by atoms with Crippen LogP contribution in [0.1, 0.15) is 38.2 Å². The average Bonchev–Trinajstić information content (AvgIpc) is 2.42. The molecule has 0 spiro atoms. The van der Waals surface area contributed by atoms with Gasteiger partial charge in [0.15, 0.2) is 0 Å². The van der Waals surface area contributed by atoms with E-state index < -0.39 is 11.7 Å². The van der Waals surface area contributed by atoms with E-state index in [1.54, 1.807) is 12.1 Å². The van der Waals surface area contributed by atoms with Gasteiger partial charge in [0.1, 0.15) is 5.82 Å². The number of benzene rings is 1. The molecule has 0 aromatic heterocycles. The first kappa shape index (κ1) is 16.6. The van der Waals surface area contributed by atoms with Gasteiger partial charge < -0.3 is 5.32 Å². The molecule has 1 aromatic carbocycles. The number of nitrogens with one attached hydrogen (secondary N) is 1. The molecule has 2 rings (SSSR count). The molecule has 1 nitrogen and oxygen atoms in total. The van der Waals surface area contributed by atoms with Gasteiger partial charge in [-0.1, -0.05) is 24.6 Å². The Morgan fingerprint density at radius 1 is 1.33 bits per heavy atom. The third-order valence-electron chi connectivity index (χ3n) is 4.24. The van der Waals surface area contributed by atoms with Crippen molar-refractivity contribution in [3.63, 3.8) is 0 Å². The summed E-state index contributed by atoms with van der Waals surface area (Å²) in [4.78, 5) is 0. The second-order valence-electron chi connectivity index (χ2n) is 5.81. The van der Waals surface area contributed by atoms with Crippen LogP contribution in [0, 0.1) is 11.7 Å². The quantitative estimate of drug-likeness (QED) is 0.820. The Labute approximate surface area is 128 Å². The van der Waals surface area contributed by atoms with Crippen molar-refractivity contribution in [1.82, 2.24) is 5.32 Å². The van der Waals surface area contributed by atoms with Crippen molar-refractivity contribution >= 4 is 11.6 Å². The maximum absolute atomic E-state index is 13.5. The van der Waals surface area contributed by atoms with Crippen LogP contribution in [-0.2, 0) is 6.42 Å². The fraction of sp³-hybridized carbons (Fsp3) is 0.625. The summed E-state index contributed by atoms with van der Waals surface area (Å²) in [6.07, 6.45) is 1.57. The van der Waals surface area contributed by atoms with Crippen LogP contribution in [0.15, 0.2) is 18.2 Å². The van der Waals surface area contributed by atoms with E-state index in [2.05, 4.69) is 5.32 Å². The third-order valence-corrected chi connectivity index (χ3v) is 4.54. The second-order valence-corrected chi connectivity index (χ2v) is 6.22. The highest BCUT2D eigenvalue weighted by Crippen LogP contribution is 2.38. The van der Waals surface area contributed by atoms with Crippen molar-refractivity contribution in [2.75, 3.05) is 6.54 Å². The summed E-state index contributed by atoms with van der Waals surface area (Å²) >= 11 is 5.68. The minimum Gasteiger partial charge on any atom is -0.314 e. The van der Waals surface area contributed by atoms with Crippen molar-refractivity contribution in [3.05, 3.63) is 34.6 Å². The summed E-state index contributed by atoms with van der Waals surface area (Å²) < 4.78 is 40.0. The molecule has 1 aliphatic carbocycles. The van der Waals surface area contributed by atoms with Gasteiger partial charge in [0.05, 0.1) is 5.02 Å². The van der Waals surface area contributed by atoms with Gasteiger partial charge in [0.2, 0.25) is 5.92 Å². The van der Waals surface area contributed by atoms with Crippen molar-refractivity contribution in [1.29, 1.82) is 0 Å². The second kappa shape index (κ2) is 7.01. The number of likely N-dealkylation sites (N-methyl/N-ethyl adjacent to an activating group) is 1. The monoisotopic (exact) mass is 319 g/mol. The summed E-state index contributed by atoms with van der Waals surface area (Å²) in [6, 6.07) is 4.88. The van der Waals surface area contributed by atoms with Crippen molar-refractivity contribution in [3.8, 4) is 0 Å². The predicted molar refractivity (Wildman–Crippen MR) is 79.5 cm³/mol. The molecule has 1 aliphatic rings. The van der Waals surface area contributed by atoms with Gasteiger partial charge in [-0.3, -0.25) is 0 Å². The van der Waals surface area contributed by atoms with Gasteiger partial charge in [-0.25, -0.2) is 13.2 Å². The number of rotatable bonds is 5. The molecule has 0 aliphatic heterocycles. The van der Waals surface area contributed by atoms with E-state index in [0.717, 1.165) is 12.1 Å². The highest BCUT2D eigenvalue weighted by molar-refractivity contribution is 6.30. The topological polar surface area (TPSA) is 12.0 Å². The smallest absolute Gasteiger partial charge is 0.248 e. The molecule has 118 valence electrons. The van der Waals surface area contributed by atoms with Crippen LogP contribution in [0.4, 0.5) is 13.2 Å². The standard InChI is InChI=1S/C16H21ClF3N/c1-2-21-15(12-5-7-16(19,20)8-6-12)10-11-3-4-13(17)14(18)9-11/h3-4,9,12,15,21H,2,5-8,10H2,1H3. The first-order valence-electron chi connectivity index (χ1n) is 7.46. The Kier molecular flexibility index (Phi) is 5.55. The van der Waals surface area contributed by atoms with Crippen LogP contribution < -0.4 is 5.32 Å². The number of hydrogen-bond acceptors (Lipinski definition) is 1. The van der Waals surface area contributed by atoms with Gasteiger partial charge in [0, 0.05) is 18.9 Å². The fourth-order valence-corrected chi connectivity index (χ4v) is 3.17. The van der Waals surface area contributed by atoms with Crippen LogP contribution >= 0.6 is 11.6 Å². The lowest BCUT2D eigenvalue weighted by molar-refractivity contribution is -0.0494. The van der Waals surface area contributed by atoms with Gasteiger partial charge in [0.25, 0.3) is 0 Å². The molecule has 1 aromatic rings. The van der Waals surface area contributed by atoms with Gasteiger partial charge in [-0.05, 0) is 49.4 Å². The Bertz CT molecular complexity index is 469. The van der Waals surface area contributed by atoms with Crippen LogP contribution in [-0.4, -0.2) is 18.5 Å². The number of hydrogen-bond donors (Lipinski definition) is 1. The molecule has 0 heterocycles. The highest BCUT2D eigenvalue weighted by Gasteiger charge is 2.37. The molecule has 1 saturated carbocycles. The zero-order valence-corrected chi connectivity index (χ0v) is 12.9. The van der Waals surface area contributed by atoms with E-state index in [1.165, 1.54) is 6.07 Å². The van der Waals surface area contributed by atoms with E-state index >= 15 is 0 Å². The van der Waals surface area contributed by atoms with Crippen LogP contribution in [0.5, 0.6) is 0 Å². The molecule has 0 radical (unpaired) electrons. The molecular weight excluding hydrogens is 299 g/mol. The van der Waals surface area contributed by atoms with Crippen LogP contribution in [0.25, 0.3) is 0 Å². The molecule has 1 atom stereocenters. The SMILES string of the molecule is CCNC(Cc1ccc(Cl)c(F)c1)C1CCC(F)(F)CC1. The predicted octanol–water partition coefficient (Wildman–Crippen LogP) is 4.83. The third kappa shape index (κ3) is 4.62. The Balaban J connectivity index is 2.03. The Morgan fingerprint density at radius 2 is 2.00 bits per heavy atom. The molecule has 5 heteroatoms. The first-order valence-corrected chi connectivity index (χ1v) is 7.84. The van der Waals surface area contributed by atoms with Crippen LogP contribution in [0.2, 0.25) is 5.02 Å². The molecular formula is C16H21ClF3N. The summed E-state index contributed by atoms with van der Waals surface area (Å²) in [5.41, 5.74) is 0.847. The molecule has 0 bridgehead atoms. The fourth-order valence-electron chi connectivity index (χ4n) is 3.05. The van der Waals surface area contributed by atoms with E-state index in [1.807, 2.05) is 6.92 Å². The highest BCUT2D eigenvalue weighted by atomic mass is 35.5. The van der Waals surface area contributed by atoms with E-state index in [9.17, 15) is 13.2 Å². The van der Waals surface area contributed by atoms with Crippen molar-refractivity contribution in [2.24, 2.45) is 5.92 Å². The van der Waals surface area contributed by atoms with Crippen molar-refractivity contribution < 1.29 is 13.2 Å². The normalized spacial score (nSPS) is 20.4. The largest absolute Gasteiger partial charge is 0.314 e. The summed E-state index contributed by atoms with van der Waals surface area (Å²) in [7, 11) is 0. The Hall–Kier alpha value is -0.740. The van der Waals surface area contributed by atoms with Gasteiger partial charge >= 0.3 is 0 Å². The molecule has 21 heavy (non-hydrogen) atoms. The van der Waals surface area contributed by atoms with E-state index in [0.29, 0.717) is 19.3 Å². The number of halogens is 4. The van der Waals surface area contributed by atoms with Crippen LogP contribution in [0.3, 0.4) is 0 Å². The maximum atomic E-state index is 13.5. The van der Waals surface area contributed by atoms with E-state index in [4.69, 9.17) is 11.6 Å². The molecule has 0 amide bonds. The zero-order chi connectivity index (χ0) is 15.5. The summed E-state index contributed by atoms with van der Waals surface area (Å²) in [5, 5.41) is 3.47. The molecule has 1 unspecified atom stereocenters. The minimum atomic E-state index is -2.51. The average molecular weight is 320 g/mol. The minimum absolute atomic E-state index is 0.0471. The molecule has 0 saturated heterocycles. The lowest BCUT2D eigenvalue weighted by atomic mass is 9.80. The number of alkyl halides is 2. The maximum Gasteiger partial charge on any atom is 0.248 e. The molecule has 1 N–H and O–H groups in total. The van der Waals surface area contributed by atoms with Crippen molar-refractivity contribution in [2.45, 2.75) is 51.0 Å². The Morgan fingerprint density at radius 3 is 2.57 bits per heavy atom. The van der Waals surface area contributed by atoms with Gasteiger partial charge in [-0.15, -0.1) is 0 Å².